The van der Waals surface area contributed by atoms with Gasteiger partial charge in [0.1, 0.15) is 11.2 Å². The maximum atomic E-state index is 9.66. The highest BCUT2D eigenvalue weighted by Gasteiger charge is 2.18. The number of nitriles is 1. The van der Waals surface area contributed by atoms with E-state index in [0.29, 0.717) is 16.2 Å². The molecule has 0 aliphatic carbocycles. The molecule has 2 aromatic heterocycles. The Bertz CT molecular complexity index is 1360. The Hall–Kier alpha value is -3.61. The van der Waals surface area contributed by atoms with Gasteiger partial charge in [0.05, 0.1) is 22.3 Å². The summed E-state index contributed by atoms with van der Waals surface area (Å²) >= 11 is 5.99. The molecular weight excluding hydrogens is 368 g/mol. The van der Waals surface area contributed by atoms with Crippen LogP contribution >= 0.6 is 11.6 Å². The Morgan fingerprint density at radius 1 is 0.821 bits per heavy atom. The summed E-state index contributed by atoms with van der Waals surface area (Å²) in [5.41, 5.74) is 5.49. The van der Waals surface area contributed by atoms with Crippen LogP contribution in [0, 0.1) is 11.3 Å². The van der Waals surface area contributed by atoms with Gasteiger partial charge in [-0.3, -0.25) is 4.98 Å². The zero-order chi connectivity index (χ0) is 19.1. The van der Waals surface area contributed by atoms with Gasteiger partial charge in [0.2, 0.25) is 0 Å². The third-order valence-electron chi connectivity index (χ3n) is 4.85. The standard InChI is InChI=1S/C24H13ClN2O/c25-17-10-12-21(27-14-17)20-8-4-7-18-19-11-9-16(13-26)22(24(19)28-23(18)20)15-5-2-1-3-6-15/h1-12,14H. The molecule has 132 valence electrons. The average molecular weight is 381 g/mol. The Morgan fingerprint density at radius 3 is 2.39 bits per heavy atom. The van der Waals surface area contributed by atoms with E-state index in [4.69, 9.17) is 16.0 Å². The van der Waals surface area contributed by atoms with Crippen LogP contribution in [0.5, 0.6) is 0 Å². The smallest absolute Gasteiger partial charge is 0.144 e. The fraction of sp³-hybridized carbons (Fsp3) is 0. The summed E-state index contributed by atoms with van der Waals surface area (Å²) in [7, 11) is 0. The fourth-order valence-corrected chi connectivity index (χ4v) is 3.70. The molecule has 5 aromatic rings. The van der Waals surface area contributed by atoms with Crippen molar-refractivity contribution in [2.24, 2.45) is 0 Å². The highest BCUT2D eigenvalue weighted by Crippen LogP contribution is 2.40. The zero-order valence-corrected chi connectivity index (χ0v) is 15.4. The summed E-state index contributed by atoms with van der Waals surface area (Å²) in [6, 6.07) is 25.6. The van der Waals surface area contributed by atoms with E-state index in [1.54, 1.807) is 6.20 Å². The van der Waals surface area contributed by atoms with Gasteiger partial charge in [-0.2, -0.15) is 5.26 Å². The molecule has 3 aromatic carbocycles. The van der Waals surface area contributed by atoms with E-state index in [9.17, 15) is 5.26 Å². The lowest BCUT2D eigenvalue weighted by Crippen LogP contribution is -1.85. The van der Waals surface area contributed by atoms with Gasteiger partial charge in [0.15, 0.2) is 0 Å². The van der Waals surface area contributed by atoms with Crippen molar-refractivity contribution >= 4 is 33.5 Å². The molecule has 0 N–H and O–H groups in total. The second kappa shape index (κ2) is 6.53. The maximum Gasteiger partial charge on any atom is 0.144 e. The molecule has 0 saturated carbocycles. The third kappa shape index (κ3) is 2.55. The number of hydrogen-bond donors (Lipinski definition) is 0. The van der Waals surface area contributed by atoms with Crippen LogP contribution in [0.3, 0.4) is 0 Å². The number of halogens is 1. The van der Waals surface area contributed by atoms with Gasteiger partial charge in [-0.25, -0.2) is 0 Å². The summed E-state index contributed by atoms with van der Waals surface area (Å²) in [6.07, 6.45) is 1.63. The van der Waals surface area contributed by atoms with Crippen LogP contribution in [0.15, 0.2) is 83.4 Å². The van der Waals surface area contributed by atoms with Gasteiger partial charge >= 0.3 is 0 Å². The molecule has 0 fully saturated rings. The van der Waals surface area contributed by atoms with Crippen molar-refractivity contribution in [2.75, 3.05) is 0 Å². The number of fused-ring (bicyclic) bond motifs is 3. The molecule has 0 spiro atoms. The summed E-state index contributed by atoms with van der Waals surface area (Å²) in [4.78, 5) is 4.44. The number of hydrogen-bond acceptors (Lipinski definition) is 3. The summed E-state index contributed by atoms with van der Waals surface area (Å²) in [5, 5.41) is 12.2. The number of para-hydroxylation sites is 1. The minimum atomic E-state index is 0.587. The van der Waals surface area contributed by atoms with E-state index in [0.717, 1.165) is 38.7 Å². The van der Waals surface area contributed by atoms with Crippen molar-refractivity contribution in [1.29, 1.82) is 5.26 Å². The zero-order valence-electron chi connectivity index (χ0n) is 14.7. The highest BCUT2D eigenvalue weighted by molar-refractivity contribution is 6.30. The second-order valence-corrected chi connectivity index (χ2v) is 6.93. The minimum Gasteiger partial charge on any atom is -0.455 e. The molecule has 4 heteroatoms. The molecule has 3 nitrogen and oxygen atoms in total. The van der Waals surface area contributed by atoms with E-state index in [1.165, 1.54) is 0 Å². The lowest BCUT2D eigenvalue weighted by atomic mass is 9.97. The van der Waals surface area contributed by atoms with Crippen LogP contribution in [-0.4, -0.2) is 4.98 Å². The predicted molar refractivity (Wildman–Crippen MR) is 112 cm³/mol. The first kappa shape index (κ1) is 16.6. The van der Waals surface area contributed by atoms with Crippen LogP contribution in [-0.2, 0) is 0 Å². The van der Waals surface area contributed by atoms with Crippen LogP contribution in [0.4, 0.5) is 0 Å². The molecule has 0 unspecified atom stereocenters. The van der Waals surface area contributed by atoms with Crippen molar-refractivity contribution < 1.29 is 4.42 Å². The minimum absolute atomic E-state index is 0.587. The van der Waals surface area contributed by atoms with E-state index in [1.807, 2.05) is 72.8 Å². The van der Waals surface area contributed by atoms with Crippen LogP contribution in [0.2, 0.25) is 5.02 Å². The number of furan rings is 1. The Kier molecular flexibility index (Phi) is 3.86. The highest BCUT2D eigenvalue weighted by atomic mass is 35.5. The SMILES string of the molecule is N#Cc1ccc2c(oc3c(-c4ccc(Cl)cn4)cccc32)c1-c1ccccc1. The van der Waals surface area contributed by atoms with Gasteiger partial charge in [-0.05, 0) is 35.9 Å². The van der Waals surface area contributed by atoms with Crippen molar-refractivity contribution in [3.63, 3.8) is 0 Å². The molecule has 28 heavy (non-hydrogen) atoms. The molecule has 0 aliphatic heterocycles. The van der Waals surface area contributed by atoms with Crippen LogP contribution < -0.4 is 0 Å². The topological polar surface area (TPSA) is 49.8 Å². The first-order valence-corrected chi connectivity index (χ1v) is 9.20. The van der Waals surface area contributed by atoms with Gasteiger partial charge < -0.3 is 4.42 Å². The number of aromatic nitrogens is 1. The molecule has 0 atom stereocenters. The number of benzene rings is 3. The lowest BCUT2D eigenvalue weighted by Gasteiger charge is -2.05. The maximum absolute atomic E-state index is 9.66. The summed E-state index contributed by atoms with van der Waals surface area (Å²) < 4.78 is 6.37. The number of pyridine rings is 1. The molecule has 0 aliphatic rings. The molecule has 5 rings (SSSR count). The van der Waals surface area contributed by atoms with Crippen LogP contribution in [0.1, 0.15) is 5.56 Å². The number of rotatable bonds is 2. The predicted octanol–water partition coefficient (Wildman–Crippen LogP) is 6.84. The fourth-order valence-electron chi connectivity index (χ4n) is 3.58. The Balaban J connectivity index is 1.87. The first-order valence-electron chi connectivity index (χ1n) is 8.82. The largest absolute Gasteiger partial charge is 0.455 e. The van der Waals surface area contributed by atoms with E-state index in [-0.39, 0.29) is 0 Å². The Labute approximate surface area is 166 Å². The average Bonchev–Trinajstić information content (AvgIpc) is 3.13. The Morgan fingerprint density at radius 2 is 1.64 bits per heavy atom. The monoisotopic (exact) mass is 380 g/mol. The summed E-state index contributed by atoms with van der Waals surface area (Å²) in [5.74, 6) is 0. The third-order valence-corrected chi connectivity index (χ3v) is 5.08. The summed E-state index contributed by atoms with van der Waals surface area (Å²) in [6.45, 7) is 0. The molecule has 0 amide bonds. The first-order chi connectivity index (χ1) is 13.8. The van der Waals surface area contributed by atoms with E-state index in [2.05, 4.69) is 11.1 Å². The molecular formula is C24H13ClN2O. The molecule has 0 saturated heterocycles. The lowest BCUT2D eigenvalue weighted by molar-refractivity contribution is 0.670. The second-order valence-electron chi connectivity index (χ2n) is 6.49. The van der Waals surface area contributed by atoms with Gasteiger partial charge in [0.25, 0.3) is 0 Å². The number of nitrogens with zero attached hydrogens (tertiary/aromatic N) is 2. The quantitative estimate of drug-likeness (QED) is 0.337. The van der Waals surface area contributed by atoms with Crippen molar-refractivity contribution in [1.82, 2.24) is 4.98 Å². The van der Waals surface area contributed by atoms with Gasteiger partial charge in [0, 0.05) is 28.1 Å². The van der Waals surface area contributed by atoms with E-state index >= 15 is 0 Å². The van der Waals surface area contributed by atoms with Crippen LogP contribution in [0.25, 0.3) is 44.3 Å². The van der Waals surface area contributed by atoms with Crippen molar-refractivity contribution in [2.45, 2.75) is 0 Å². The molecule has 0 radical (unpaired) electrons. The van der Waals surface area contributed by atoms with E-state index < -0.39 is 0 Å². The normalized spacial score (nSPS) is 11.0. The molecule has 2 heterocycles. The van der Waals surface area contributed by atoms with Crippen molar-refractivity contribution in [3.8, 4) is 28.5 Å². The van der Waals surface area contributed by atoms with Gasteiger partial charge in [-0.15, -0.1) is 0 Å². The van der Waals surface area contributed by atoms with Gasteiger partial charge in [-0.1, -0.05) is 54.1 Å². The van der Waals surface area contributed by atoms with Crippen molar-refractivity contribution in [3.05, 3.63) is 89.6 Å². The molecule has 0 bridgehead atoms.